The molecule has 8 nitrogen and oxygen atoms in total. The highest BCUT2D eigenvalue weighted by Gasteiger charge is 2.24. The number of amides is 1. The van der Waals surface area contributed by atoms with E-state index in [4.69, 9.17) is 30.5 Å². The topological polar surface area (TPSA) is 81.6 Å². The Labute approximate surface area is 186 Å². The van der Waals surface area contributed by atoms with Crippen molar-refractivity contribution in [3.05, 3.63) is 46.5 Å². The summed E-state index contributed by atoms with van der Waals surface area (Å²) in [7, 11) is 5.03. The van der Waals surface area contributed by atoms with Crippen molar-refractivity contribution in [3.8, 4) is 17.2 Å². The summed E-state index contributed by atoms with van der Waals surface area (Å²) >= 11 is 6.21. The number of hydrogen-bond acceptors (Lipinski definition) is 7. The summed E-state index contributed by atoms with van der Waals surface area (Å²) < 4.78 is 21.9. The van der Waals surface area contributed by atoms with Gasteiger partial charge in [0.2, 0.25) is 0 Å². The van der Waals surface area contributed by atoms with Crippen LogP contribution in [0, 0.1) is 0 Å². The average molecular weight is 448 g/mol. The van der Waals surface area contributed by atoms with Crippen molar-refractivity contribution in [2.75, 3.05) is 45.9 Å². The molecule has 2 aromatic rings. The van der Waals surface area contributed by atoms with Crippen LogP contribution in [-0.4, -0.2) is 53.1 Å². The van der Waals surface area contributed by atoms with Crippen LogP contribution < -0.4 is 24.5 Å². The summed E-state index contributed by atoms with van der Waals surface area (Å²) in [6, 6.07) is 9.00. The first-order valence-corrected chi connectivity index (χ1v) is 10.2. The van der Waals surface area contributed by atoms with Crippen LogP contribution >= 0.6 is 11.6 Å². The van der Waals surface area contributed by atoms with Crippen LogP contribution in [-0.2, 0) is 9.53 Å². The van der Waals surface area contributed by atoms with Gasteiger partial charge in [0.05, 0.1) is 37.7 Å². The average Bonchev–Trinajstić information content (AvgIpc) is 2.76. The van der Waals surface area contributed by atoms with E-state index in [0.29, 0.717) is 40.9 Å². The third-order valence-electron chi connectivity index (χ3n) is 4.80. The molecule has 166 valence electrons. The van der Waals surface area contributed by atoms with Gasteiger partial charge in [-0.1, -0.05) is 17.7 Å². The fourth-order valence-corrected chi connectivity index (χ4v) is 3.57. The molecule has 0 aromatic heterocycles. The van der Waals surface area contributed by atoms with E-state index in [1.165, 1.54) is 20.4 Å². The van der Waals surface area contributed by atoms with Crippen LogP contribution in [0.2, 0.25) is 5.02 Å². The quantitative estimate of drug-likeness (QED) is 0.493. The first-order chi connectivity index (χ1) is 15.0. The Balaban J connectivity index is 1.75. The van der Waals surface area contributed by atoms with Crippen LogP contribution in [0.5, 0.6) is 17.2 Å². The van der Waals surface area contributed by atoms with Gasteiger partial charge in [-0.3, -0.25) is 4.79 Å². The number of anilines is 1. The van der Waals surface area contributed by atoms with Gasteiger partial charge in [-0.2, -0.15) is 5.10 Å². The van der Waals surface area contributed by atoms with Gasteiger partial charge < -0.3 is 23.8 Å². The van der Waals surface area contributed by atoms with Crippen LogP contribution in [0.25, 0.3) is 0 Å². The Morgan fingerprint density at radius 2 is 2.13 bits per heavy atom. The van der Waals surface area contributed by atoms with Gasteiger partial charge in [0.1, 0.15) is 12.4 Å². The first kappa shape index (κ1) is 22.7. The maximum Gasteiger partial charge on any atom is 0.273 e. The normalized spacial score (nSPS) is 14.0. The fourth-order valence-electron chi connectivity index (χ4n) is 3.27. The van der Waals surface area contributed by atoms with Gasteiger partial charge in [0, 0.05) is 13.7 Å². The molecule has 1 aliphatic heterocycles. The maximum atomic E-state index is 12.8. The number of halogens is 1. The minimum atomic E-state index is -0.822. The number of carbonyl (C=O) groups is 1. The molecule has 0 bridgehead atoms. The van der Waals surface area contributed by atoms with Crippen LogP contribution in [0.1, 0.15) is 24.2 Å². The van der Waals surface area contributed by atoms with E-state index in [2.05, 4.69) is 15.4 Å². The molecule has 3 rings (SSSR count). The van der Waals surface area contributed by atoms with Crippen LogP contribution in [0.3, 0.4) is 0 Å². The van der Waals surface area contributed by atoms with Gasteiger partial charge in [-0.05, 0) is 42.3 Å². The molecule has 1 heterocycles. The highest BCUT2D eigenvalue weighted by molar-refractivity contribution is 6.32. The standard InChI is InChI=1S/C22H26ClN3O5/c1-5-30-20(15-6-7-17-18(12-15)31-9-8-26(17)2)22(27)25-24-13-14-10-16(23)21(29-4)19(11-14)28-3/h6-7,10-13,20H,5,8-9H2,1-4H3,(H,25,27). The number of nitrogens with zero attached hydrogens (tertiary/aromatic N) is 2. The number of ether oxygens (including phenoxy) is 4. The van der Waals surface area contributed by atoms with E-state index in [-0.39, 0.29) is 0 Å². The van der Waals surface area contributed by atoms with E-state index in [9.17, 15) is 4.79 Å². The molecule has 1 unspecified atom stereocenters. The monoisotopic (exact) mass is 447 g/mol. The molecule has 0 saturated heterocycles. The van der Waals surface area contributed by atoms with Gasteiger partial charge in [-0.15, -0.1) is 0 Å². The number of fused-ring (bicyclic) bond motifs is 1. The smallest absolute Gasteiger partial charge is 0.273 e. The second-order valence-corrected chi connectivity index (χ2v) is 7.21. The third-order valence-corrected chi connectivity index (χ3v) is 5.08. The van der Waals surface area contributed by atoms with Crippen molar-refractivity contribution >= 4 is 29.4 Å². The molecule has 0 spiro atoms. The molecule has 1 N–H and O–H groups in total. The molecule has 9 heteroatoms. The Bertz CT molecular complexity index is 966. The van der Waals surface area contributed by atoms with Crippen molar-refractivity contribution in [1.82, 2.24) is 5.43 Å². The highest BCUT2D eigenvalue weighted by Crippen LogP contribution is 2.36. The van der Waals surface area contributed by atoms with Crippen molar-refractivity contribution in [2.45, 2.75) is 13.0 Å². The summed E-state index contributed by atoms with van der Waals surface area (Å²) in [5, 5.41) is 4.42. The Hall–Kier alpha value is -2.97. The number of nitrogens with one attached hydrogen (secondary N) is 1. The number of hydrazone groups is 1. The molecule has 1 aliphatic rings. The molecule has 1 atom stereocenters. The Morgan fingerprint density at radius 3 is 2.84 bits per heavy atom. The second kappa shape index (κ2) is 10.4. The van der Waals surface area contributed by atoms with Crippen molar-refractivity contribution in [3.63, 3.8) is 0 Å². The highest BCUT2D eigenvalue weighted by atomic mass is 35.5. The minimum absolute atomic E-state index is 0.366. The summed E-state index contributed by atoms with van der Waals surface area (Å²) in [4.78, 5) is 14.9. The van der Waals surface area contributed by atoms with E-state index in [0.717, 1.165) is 18.0 Å². The Morgan fingerprint density at radius 1 is 1.32 bits per heavy atom. The number of carbonyl (C=O) groups excluding carboxylic acids is 1. The zero-order chi connectivity index (χ0) is 22.4. The molecule has 0 fully saturated rings. The summed E-state index contributed by atoms with van der Waals surface area (Å²) in [5.41, 5.74) is 4.84. The zero-order valence-corrected chi connectivity index (χ0v) is 18.7. The number of hydrogen-bond donors (Lipinski definition) is 1. The molecule has 0 aliphatic carbocycles. The van der Waals surface area contributed by atoms with Gasteiger partial charge in [0.15, 0.2) is 17.6 Å². The Kier molecular flexibility index (Phi) is 7.59. The number of benzene rings is 2. The first-order valence-electron chi connectivity index (χ1n) is 9.82. The lowest BCUT2D eigenvalue weighted by Gasteiger charge is -2.28. The van der Waals surface area contributed by atoms with E-state index in [1.807, 2.05) is 32.2 Å². The molecule has 1 amide bonds. The maximum absolute atomic E-state index is 12.8. The molecule has 0 saturated carbocycles. The SMILES string of the molecule is CCOC(C(=O)NN=Cc1cc(Cl)c(OC)c(OC)c1)c1ccc2c(c1)OCCN2C. The van der Waals surface area contributed by atoms with Gasteiger partial charge in [0.25, 0.3) is 5.91 Å². The lowest BCUT2D eigenvalue weighted by molar-refractivity contribution is -0.132. The predicted octanol–water partition coefficient (Wildman–Crippen LogP) is 3.41. The summed E-state index contributed by atoms with van der Waals surface area (Å²) in [6.07, 6.45) is 0.650. The van der Waals surface area contributed by atoms with Gasteiger partial charge >= 0.3 is 0 Å². The molecule has 2 aromatic carbocycles. The molecule has 0 radical (unpaired) electrons. The van der Waals surface area contributed by atoms with Crippen molar-refractivity contribution in [1.29, 1.82) is 0 Å². The lowest BCUT2D eigenvalue weighted by Crippen LogP contribution is -2.30. The van der Waals surface area contributed by atoms with E-state index < -0.39 is 12.0 Å². The van der Waals surface area contributed by atoms with Crippen LogP contribution in [0.4, 0.5) is 5.69 Å². The van der Waals surface area contributed by atoms with Crippen LogP contribution in [0.15, 0.2) is 35.4 Å². The lowest BCUT2D eigenvalue weighted by atomic mass is 10.1. The number of methoxy groups -OCH3 is 2. The molecular formula is C22H26ClN3O5. The largest absolute Gasteiger partial charge is 0.493 e. The fraction of sp³-hybridized carbons (Fsp3) is 0.364. The third kappa shape index (κ3) is 5.21. The minimum Gasteiger partial charge on any atom is -0.493 e. The zero-order valence-electron chi connectivity index (χ0n) is 18.0. The summed E-state index contributed by atoms with van der Waals surface area (Å²) in [6.45, 7) is 3.61. The molecular weight excluding hydrogens is 422 g/mol. The van der Waals surface area contributed by atoms with Crippen molar-refractivity contribution < 1.29 is 23.7 Å². The number of rotatable bonds is 8. The van der Waals surface area contributed by atoms with E-state index in [1.54, 1.807) is 12.1 Å². The second-order valence-electron chi connectivity index (χ2n) is 6.81. The molecule has 31 heavy (non-hydrogen) atoms. The van der Waals surface area contributed by atoms with E-state index >= 15 is 0 Å². The predicted molar refractivity (Wildman–Crippen MR) is 120 cm³/mol. The summed E-state index contributed by atoms with van der Waals surface area (Å²) in [5.74, 6) is 1.23. The number of likely N-dealkylation sites (N-methyl/N-ethyl adjacent to an activating group) is 1. The van der Waals surface area contributed by atoms with Crippen molar-refractivity contribution in [2.24, 2.45) is 5.10 Å². The van der Waals surface area contributed by atoms with Gasteiger partial charge in [-0.25, -0.2) is 5.43 Å².